The van der Waals surface area contributed by atoms with Gasteiger partial charge in [-0.05, 0) is 70.4 Å². The molecule has 0 radical (unpaired) electrons. The number of benzene rings is 8. The molecule has 0 saturated heterocycles. The number of hydrogen-bond acceptors (Lipinski definition) is 2. The van der Waals surface area contributed by atoms with E-state index in [4.69, 9.17) is 9.97 Å². The summed E-state index contributed by atoms with van der Waals surface area (Å²) in [4.78, 5) is 10.6. The van der Waals surface area contributed by atoms with Gasteiger partial charge in [-0.2, -0.15) is 0 Å². The molecule has 3 aromatic heterocycles. The molecule has 8 aromatic carbocycles. The van der Waals surface area contributed by atoms with Gasteiger partial charge in [-0.3, -0.25) is 4.57 Å². The van der Waals surface area contributed by atoms with Crippen molar-refractivity contribution in [1.29, 1.82) is 0 Å². The Balaban J connectivity index is 1.30. The van der Waals surface area contributed by atoms with E-state index in [1.54, 1.807) is 0 Å². The van der Waals surface area contributed by atoms with Gasteiger partial charge in [0, 0.05) is 32.8 Å². The van der Waals surface area contributed by atoms with Crippen LogP contribution in [0, 0.1) is 0 Å². The first kappa shape index (κ1) is 28.8. The minimum Gasteiger partial charge on any atom is -0.309 e. The lowest BCUT2D eigenvalue weighted by Gasteiger charge is -2.14. The summed E-state index contributed by atoms with van der Waals surface area (Å²) in [7, 11) is 0. The van der Waals surface area contributed by atoms with E-state index in [0.29, 0.717) is 0 Å². The fourth-order valence-electron chi connectivity index (χ4n) is 8.15. The highest BCUT2D eigenvalue weighted by Gasteiger charge is 2.22. The Morgan fingerprint density at radius 3 is 1.83 bits per heavy atom. The second-order valence-corrected chi connectivity index (χ2v) is 13.4. The Labute approximate surface area is 299 Å². The Kier molecular flexibility index (Phi) is 6.22. The molecule has 0 aliphatic rings. The van der Waals surface area contributed by atoms with Crippen molar-refractivity contribution in [3.8, 4) is 33.9 Å². The number of aromatic nitrogens is 4. The van der Waals surface area contributed by atoms with Crippen LogP contribution in [0.3, 0.4) is 0 Å². The molecule has 0 atom stereocenters. The molecule has 11 aromatic rings. The van der Waals surface area contributed by atoms with Gasteiger partial charge in [0.1, 0.15) is 5.69 Å². The zero-order valence-corrected chi connectivity index (χ0v) is 28.1. The molecule has 0 unspecified atom stereocenters. The fourth-order valence-corrected chi connectivity index (χ4v) is 8.15. The van der Waals surface area contributed by atoms with Gasteiger partial charge in [-0.1, -0.05) is 133 Å². The predicted octanol–water partition coefficient (Wildman–Crippen LogP) is 12.3. The summed E-state index contributed by atoms with van der Waals surface area (Å²) in [6.07, 6.45) is 0. The summed E-state index contributed by atoms with van der Waals surface area (Å²) >= 11 is 0. The molecular weight excluding hydrogens is 633 g/mol. The number of rotatable bonds is 4. The molecule has 242 valence electrons. The van der Waals surface area contributed by atoms with Gasteiger partial charge >= 0.3 is 0 Å². The molecule has 0 spiro atoms. The number of nitrogens with zero attached hydrogens (tertiary/aromatic N) is 4. The monoisotopic (exact) mass is 662 g/mol. The van der Waals surface area contributed by atoms with E-state index in [-0.39, 0.29) is 0 Å². The highest BCUT2D eigenvalue weighted by molar-refractivity contribution is 6.25. The van der Waals surface area contributed by atoms with Gasteiger partial charge < -0.3 is 4.57 Å². The predicted molar refractivity (Wildman–Crippen MR) is 217 cm³/mol. The van der Waals surface area contributed by atoms with E-state index in [0.717, 1.165) is 50.3 Å². The lowest BCUT2D eigenvalue weighted by Crippen LogP contribution is -2.03. The van der Waals surface area contributed by atoms with E-state index < -0.39 is 0 Å². The quantitative estimate of drug-likeness (QED) is 0.188. The van der Waals surface area contributed by atoms with Crippen LogP contribution >= 0.6 is 0 Å². The first-order valence-electron chi connectivity index (χ1n) is 17.7. The molecule has 0 fully saturated rings. The van der Waals surface area contributed by atoms with Crippen LogP contribution in [-0.2, 0) is 0 Å². The summed E-state index contributed by atoms with van der Waals surface area (Å²) in [6, 6.07) is 64.8. The molecule has 4 heteroatoms. The van der Waals surface area contributed by atoms with Crippen LogP contribution in [0.4, 0.5) is 0 Å². The Bertz CT molecular complexity index is 3170. The molecule has 11 rings (SSSR count). The number of fused-ring (bicyclic) bond motifs is 9. The average Bonchev–Trinajstić information content (AvgIpc) is 3.72. The maximum absolute atomic E-state index is 5.38. The maximum atomic E-state index is 5.38. The second-order valence-electron chi connectivity index (χ2n) is 13.4. The van der Waals surface area contributed by atoms with E-state index in [2.05, 4.69) is 167 Å². The highest BCUT2D eigenvalue weighted by Crippen LogP contribution is 2.43. The minimum absolute atomic E-state index is 0.814. The molecule has 0 saturated carbocycles. The summed E-state index contributed by atoms with van der Waals surface area (Å²) in [5.41, 5.74) is 11.6. The average molecular weight is 663 g/mol. The first-order chi connectivity index (χ1) is 25.8. The fraction of sp³-hybridized carbons (Fsp3) is 0. The van der Waals surface area contributed by atoms with Gasteiger partial charge in [0.15, 0.2) is 5.82 Å². The zero-order chi connectivity index (χ0) is 34.2. The third-order valence-corrected chi connectivity index (χ3v) is 10.5. The number of para-hydroxylation sites is 3. The normalized spacial score (nSPS) is 11.8. The smallest absolute Gasteiger partial charge is 0.165 e. The Morgan fingerprint density at radius 2 is 1.00 bits per heavy atom. The Morgan fingerprint density at radius 1 is 0.346 bits per heavy atom. The van der Waals surface area contributed by atoms with Crippen molar-refractivity contribution in [3.05, 3.63) is 182 Å². The standard InChI is InChI=1S/C48H30N4/c1-3-14-31(15-4-1)34-19-13-20-35(28-34)51-43-27-26-32-16-7-8-21-36(32)46(43)39-29-38-37-22-9-12-25-42(37)52(44(38)30-45(39)51)48-47(33-17-5-2-6-18-33)49-40-23-10-11-24-41(40)50-48/h1-30H. The van der Waals surface area contributed by atoms with Crippen molar-refractivity contribution >= 4 is 65.4 Å². The lowest BCUT2D eigenvalue weighted by atomic mass is 10.0. The lowest BCUT2D eigenvalue weighted by molar-refractivity contribution is 1.08. The first-order valence-corrected chi connectivity index (χ1v) is 17.7. The molecule has 3 heterocycles. The summed E-state index contributed by atoms with van der Waals surface area (Å²) in [6.45, 7) is 0. The van der Waals surface area contributed by atoms with Gasteiger partial charge in [-0.25, -0.2) is 9.97 Å². The second kappa shape index (κ2) is 11.2. The van der Waals surface area contributed by atoms with Crippen LogP contribution in [0.1, 0.15) is 0 Å². The molecule has 52 heavy (non-hydrogen) atoms. The summed E-state index contributed by atoms with van der Waals surface area (Å²) < 4.78 is 4.77. The van der Waals surface area contributed by atoms with Crippen LogP contribution in [0.2, 0.25) is 0 Å². The summed E-state index contributed by atoms with van der Waals surface area (Å²) in [5.74, 6) is 0.814. The largest absolute Gasteiger partial charge is 0.309 e. The highest BCUT2D eigenvalue weighted by atomic mass is 15.1. The molecule has 0 aliphatic carbocycles. The van der Waals surface area contributed by atoms with E-state index >= 15 is 0 Å². The third kappa shape index (κ3) is 4.28. The van der Waals surface area contributed by atoms with Crippen LogP contribution in [-0.4, -0.2) is 19.1 Å². The van der Waals surface area contributed by atoms with Crippen LogP contribution in [0.5, 0.6) is 0 Å². The van der Waals surface area contributed by atoms with Gasteiger partial charge in [0.05, 0.1) is 33.1 Å². The van der Waals surface area contributed by atoms with Gasteiger partial charge in [0.2, 0.25) is 0 Å². The van der Waals surface area contributed by atoms with E-state index in [9.17, 15) is 0 Å². The molecule has 0 N–H and O–H groups in total. The van der Waals surface area contributed by atoms with Crippen molar-refractivity contribution in [2.75, 3.05) is 0 Å². The molecular formula is C48H30N4. The van der Waals surface area contributed by atoms with Crippen molar-refractivity contribution in [2.45, 2.75) is 0 Å². The van der Waals surface area contributed by atoms with Crippen LogP contribution in [0.15, 0.2) is 182 Å². The van der Waals surface area contributed by atoms with Crippen molar-refractivity contribution in [1.82, 2.24) is 19.1 Å². The molecule has 0 amide bonds. The van der Waals surface area contributed by atoms with Crippen molar-refractivity contribution in [3.63, 3.8) is 0 Å². The maximum Gasteiger partial charge on any atom is 0.165 e. The summed E-state index contributed by atoms with van der Waals surface area (Å²) in [5, 5.41) is 7.32. The Hall–Kier alpha value is -7.04. The third-order valence-electron chi connectivity index (χ3n) is 10.5. The van der Waals surface area contributed by atoms with E-state index in [1.165, 1.54) is 49.0 Å². The van der Waals surface area contributed by atoms with Gasteiger partial charge in [-0.15, -0.1) is 0 Å². The van der Waals surface area contributed by atoms with E-state index in [1.807, 2.05) is 24.3 Å². The SMILES string of the molecule is c1ccc(-c2cccc(-n3c4cc5c(cc4c4c6ccccc6ccc43)c3ccccc3n5-c3nc4ccccc4nc3-c3ccccc3)c2)cc1. The van der Waals surface area contributed by atoms with Crippen LogP contribution < -0.4 is 0 Å². The van der Waals surface area contributed by atoms with Crippen molar-refractivity contribution in [2.24, 2.45) is 0 Å². The molecule has 0 bridgehead atoms. The zero-order valence-electron chi connectivity index (χ0n) is 28.1. The molecule has 4 nitrogen and oxygen atoms in total. The van der Waals surface area contributed by atoms with Crippen LogP contribution in [0.25, 0.3) is 99.3 Å². The molecule has 0 aliphatic heterocycles. The number of hydrogen-bond donors (Lipinski definition) is 0. The topological polar surface area (TPSA) is 35.6 Å². The minimum atomic E-state index is 0.814. The van der Waals surface area contributed by atoms with Gasteiger partial charge in [0.25, 0.3) is 0 Å². The van der Waals surface area contributed by atoms with Crippen molar-refractivity contribution < 1.29 is 0 Å².